The minimum Gasteiger partial charge on any atom is -0.333 e. The third-order valence-electron chi connectivity index (χ3n) is 4.27. The molecule has 2 aromatic carbocycles. The number of carbonyl (C=O) groups is 1. The summed E-state index contributed by atoms with van der Waals surface area (Å²) in [6.07, 6.45) is 0.187. The fourth-order valence-corrected chi connectivity index (χ4v) is 3.18. The number of hydrogen-bond donors (Lipinski definition) is 1. The number of fused-ring (bicyclic) bond motifs is 1. The number of nitrogens with one attached hydrogen (secondary N) is 1. The maximum absolute atomic E-state index is 12.8. The summed E-state index contributed by atoms with van der Waals surface area (Å²) in [6.45, 7) is 4.07. The Morgan fingerprint density at radius 3 is 2.59 bits per heavy atom. The number of amides is 1. The van der Waals surface area contributed by atoms with Gasteiger partial charge in [-0.15, -0.1) is 0 Å². The van der Waals surface area contributed by atoms with Gasteiger partial charge in [0.1, 0.15) is 5.82 Å². The Labute approximate surface area is 166 Å². The van der Waals surface area contributed by atoms with Crippen LogP contribution in [0.15, 0.2) is 47.3 Å². The maximum atomic E-state index is 12.8. The highest BCUT2D eigenvalue weighted by molar-refractivity contribution is 6.42. The lowest BCUT2D eigenvalue weighted by Gasteiger charge is -2.26. The highest BCUT2D eigenvalue weighted by Crippen LogP contribution is 2.23. The van der Waals surface area contributed by atoms with Crippen LogP contribution >= 0.6 is 23.2 Å². The molecule has 0 spiro atoms. The molecule has 1 N–H and O–H groups in total. The quantitative estimate of drug-likeness (QED) is 0.693. The molecule has 3 aromatic rings. The van der Waals surface area contributed by atoms with Crippen molar-refractivity contribution in [2.24, 2.45) is 0 Å². The van der Waals surface area contributed by atoms with Gasteiger partial charge in [-0.1, -0.05) is 41.4 Å². The second-order valence-electron chi connectivity index (χ2n) is 6.57. The Morgan fingerprint density at radius 2 is 1.89 bits per heavy atom. The molecule has 0 radical (unpaired) electrons. The van der Waals surface area contributed by atoms with Crippen LogP contribution in [0.1, 0.15) is 25.2 Å². The first-order valence-electron chi connectivity index (χ1n) is 8.56. The lowest BCUT2D eigenvalue weighted by Crippen LogP contribution is -2.38. The predicted octanol–water partition coefficient (Wildman–Crippen LogP) is 4.21. The molecule has 5 nitrogen and oxygen atoms in total. The molecule has 140 valence electrons. The van der Waals surface area contributed by atoms with E-state index >= 15 is 0 Å². The smallest absolute Gasteiger partial charge is 0.258 e. The zero-order valence-electron chi connectivity index (χ0n) is 15.0. The topological polar surface area (TPSA) is 66.1 Å². The van der Waals surface area contributed by atoms with E-state index in [9.17, 15) is 9.59 Å². The second kappa shape index (κ2) is 8.11. The number of carbonyl (C=O) groups excluding carboxylic acids is 1. The van der Waals surface area contributed by atoms with Crippen molar-refractivity contribution in [3.05, 3.63) is 74.3 Å². The Hall–Kier alpha value is -2.37. The van der Waals surface area contributed by atoms with E-state index in [0.717, 1.165) is 5.56 Å². The van der Waals surface area contributed by atoms with E-state index in [1.165, 1.54) is 0 Å². The number of nitrogens with zero attached hydrogens (tertiary/aromatic N) is 2. The van der Waals surface area contributed by atoms with Crippen molar-refractivity contribution in [2.75, 3.05) is 0 Å². The second-order valence-corrected chi connectivity index (χ2v) is 7.38. The van der Waals surface area contributed by atoms with Gasteiger partial charge < -0.3 is 9.88 Å². The van der Waals surface area contributed by atoms with E-state index in [-0.39, 0.29) is 30.5 Å². The van der Waals surface area contributed by atoms with Crippen molar-refractivity contribution < 1.29 is 4.79 Å². The Bertz CT molecular complexity index is 1050. The first kappa shape index (κ1) is 19.4. The average Bonchev–Trinajstić information content (AvgIpc) is 2.62. The van der Waals surface area contributed by atoms with Crippen LogP contribution in [0.4, 0.5) is 0 Å². The van der Waals surface area contributed by atoms with Crippen LogP contribution in [0.2, 0.25) is 10.0 Å². The summed E-state index contributed by atoms with van der Waals surface area (Å²) in [5, 5.41) is 1.39. The fraction of sp³-hybridized carbons (Fsp3) is 0.250. The molecule has 1 aromatic heterocycles. The average molecular weight is 404 g/mol. The van der Waals surface area contributed by atoms with E-state index in [4.69, 9.17) is 23.2 Å². The van der Waals surface area contributed by atoms with Gasteiger partial charge in [0, 0.05) is 6.04 Å². The molecule has 7 heteroatoms. The van der Waals surface area contributed by atoms with Gasteiger partial charge in [-0.2, -0.15) is 0 Å². The minimum absolute atomic E-state index is 0.0583. The molecule has 1 heterocycles. The molecule has 0 fully saturated rings. The summed E-state index contributed by atoms with van der Waals surface area (Å²) in [5.41, 5.74) is 1.17. The van der Waals surface area contributed by atoms with Crippen molar-refractivity contribution in [2.45, 2.75) is 32.9 Å². The summed E-state index contributed by atoms with van der Waals surface area (Å²) in [7, 11) is 0. The van der Waals surface area contributed by atoms with E-state index in [0.29, 0.717) is 26.8 Å². The summed E-state index contributed by atoms with van der Waals surface area (Å²) in [6, 6.07) is 12.2. The molecule has 0 saturated heterocycles. The lowest BCUT2D eigenvalue weighted by atomic mass is 10.1. The van der Waals surface area contributed by atoms with Crippen LogP contribution in [0, 0.1) is 0 Å². The van der Waals surface area contributed by atoms with Crippen LogP contribution in [0.5, 0.6) is 0 Å². The number of aromatic nitrogens is 2. The van der Waals surface area contributed by atoms with Crippen LogP contribution < -0.4 is 5.56 Å². The summed E-state index contributed by atoms with van der Waals surface area (Å²) >= 11 is 12.0. The van der Waals surface area contributed by atoms with Crippen molar-refractivity contribution in [1.82, 2.24) is 14.9 Å². The van der Waals surface area contributed by atoms with E-state index in [1.54, 1.807) is 41.3 Å². The lowest BCUT2D eigenvalue weighted by molar-refractivity contribution is -0.132. The molecular weight excluding hydrogens is 385 g/mol. The highest BCUT2D eigenvalue weighted by Gasteiger charge is 2.19. The number of rotatable bonds is 5. The van der Waals surface area contributed by atoms with Crippen LogP contribution in [-0.4, -0.2) is 26.8 Å². The number of para-hydroxylation sites is 1. The van der Waals surface area contributed by atoms with Gasteiger partial charge in [-0.3, -0.25) is 9.59 Å². The fourth-order valence-electron chi connectivity index (χ4n) is 2.86. The minimum atomic E-state index is -0.212. The third-order valence-corrected chi connectivity index (χ3v) is 5.00. The molecule has 0 saturated carbocycles. The van der Waals surface area contributed by atoms with Crippen molar-refractivity contribution >= 4 is 40.0 Å². The number of halogens is 2. The van der Waals surface area contributed by atoms with Gasteiger partial charge in [0.2, 0.25) is 5.91 Å². The summed E-state index contributed by atoms with van der Waals surface area (Å²) in [4.78, 5) is 34.0. The molecule has 0 bridgehead atoms. The Kier molecular flexibility index (Phi) is 5.82. The van der Waals surface area contributed by atoms with Gasteiger partial charge in [0.25, 0.3) is 5.56 Å². The molecule has 0 aliphatic carbocycles. The van der Waals surface area contributed by atoms with Gasteiger partial charge in [-0.05, 0) is 43.7 Å². The molecule has 3 rings (SSSR count). The number of H-pyrrole nitrogens is 1. The van der Waals surface area contributed by atoms with Crippen molar-refractivity contribution in [3.63, 3.8) is 0 Å². The Balaban J connectivity index is 1.84. The summed E-state index contributed by atoms with van der Waals surface area (Å²) < 4.78 is 0. The molecule has 0 aliphatic rings. The van der Waals surface area contributed by atoms with Gasteiger partial charge >= 0.3 is 0 Å². The third kappa shape index (κ3) is 4.49. The molecule has 0 aliphatic heterocycles. The number of aromatic amines is 1. The molecule has 0 atom stereocenters. The first-order valence-corrected chi connectivity index (χ1v) is 9.32. The molecule has 1 amide bonds. The monoisotopic (exact) mass is 403 g/mol. The van der Waals surface area contributed by atoms with E-state index in [2.05, 4.69) is 9.97 Å². The van der Waals surface area contributed by atoms with Crippen molar-refractivity contribution in [3.8, 4) is 0 Å². The first-order chi connectivity index (χ1) is 12.8. The molecule has 0 unspecified atom stereocenters. The van der Waals surface area contributed by atoms with Crippen LogP contribution in [0.25, 0.3) is 10.9 Å². The summed E-state index contributed by atoms with van der Waals surface area (Å²) in [5.74, 6) is 0.370. The SMILES string of the molecule is CC(C)N(Cc1nc2ccccc2c(=O)[nH]1)C(=O)Cc1ccc(Cl)c(Cl)c1. The number of benzene rings is 2. The zero-order valence-corrected chi connectivity index (χ0v) is 16.5. The number of hydrogen-bond acceptors (Lipinski definition) is 3. The van der Waals surface area contributed by atoms with Gasteiger partial charge in [0.15, 0.2) is 0 Å². The standard InChI is InChI=1S/C20H19Cl2N3O2/c1-12(2)25(19(26)10-13-7-8-15(21)16(22)9-13)11-18-23-17-6-4-3-5-14(17)20(27)24-18/h3-9,12H,10-11H2,1-2H3,(H,23,24,27). The van der Waals surface area contributed by atoms with Crippen LogP contribution in [0.3, 0.4) is 0 Å². The zero-order chi connectivity index (χ0) is 19.6. The normalized spacial score (nSPS) is 11.1. The molecule has 27 heavy (non-hydrogen) atoms. The van der Waals surface area contributed by atoms with Gasteiger partial charge in [-0.25, -0.2) is 4.98 Å². The highest BCUT2D eigenvalue weighted by atomic mass is 35.5. The maximum Gasteiger partial charge on any atom is 0.258 e. The Morgan fingerprint density at radius 1 is 1.15 bits per heavy atom. The van der Waals surface area contributed by atoms with E-state index in [1.807, 2.05) is 19.9 Å². The van der Waals surface area contributed by atoms with Crippen molar-refractivity contribution in [1.29, 1.82) is 0 Å². The predicted molar refractivity (Wildman–Crippen MR) is 108 cm³/mol. The molecular formula is C20H19Cl2N3O2. The van der Waals surface area contributed by atoms with Crippen LogP contribution in [-0.2, 0) is 17.8 Å². The van der Waals surface area contributed by atoms with Gasteiger partial charge in [0.05, 0.1) is 33.9 Å². The van der Waals surface area contributed by atoms with E-state index < -0.39 is 0 Å². The largest absolute Gasteiger partial charge is 0.333 e.